The molecule has 1 amide bonds. The van der Waals surface area contributed by atoms with Gasteiger partial charge in [0.15, 0.2) is 5.82 Å². The molecule has 0 aliphatic heterocycles. The standard InChI is InChI=1S/C11H11ClFNO4/c1-17-7-3-2-6(12)10(13)9(7)8(4-5-15)18-11(14)16/h2-3,5,8H,4H2,1H3,(H2,14,16). The average molecular weight is 276 g/mol. The Morgan fingerprint density at radius 2 is 2.28 bits per heavy atom. The normalized spacial score (nSPS) is 11.7. The van der Waals surface area contributed by atoms with E-state index in [-0.39, 0.29) is 22.8 Å². The van der Waals surface area contributed by atoms with Crippen LogP contribution in [-0.4, -0.2) is 19.5 Å². The number of hydrogen-bond acceptors (Lipinski definition) is 4. The summed E-state index contributed by atoms with van der Waals surface area (Å²) in [6, 6.07) is 2.70. The number of ether oxygens (including phenoxy) is 2. The molecule has 0 bridgehead atoms. The highest BCUT2D eigenvalue weighted by Crippen LogP contribution is 2.35. The molecule has 18 heavy (non-hydrogen) atoms. The molecule has 2 N–H and O–H groups in total. The van der Waals surface area contributed by atoms with E-state index in [9.17, 15) is 14.0 Å². The molecule has 1 rings (SSSR count). The van der Waals surface area contributed by atoms with Crippen molar-refractivity contribution in [3.05, 3.63) is 28.5 Å². The molecule has 0 heterocycles. The van der Waals surface area contributed by atoms with E-state index in [0.717, 1.165) is 0 Å². The van der Waals surface area contributed by atoms with E-state index in [4.69, 9.17) is 22.1 Å². The zero-order valence-electron chi connectivity index (χ0n) is 9.48. The smallest absolute Gasteiger partial charge is 0.405 e. The summed E-state index contributed by atoms with van der Waals surface area (Å²) in [5, 5.41) is -0.172. The molecule has 1 atom stereocenters. The van der Waals surface area contributed by atoms with Gasteiger partial charge in [-0.05, 0) is 12.1 Å². The summed E-state index contributed by atoms with van der Waals surface area (Å²) >= 11 is 5.63. The molecular weight excluding hydrogens is 265 g/mol. The summed E-state index contributed by atoms with van der Waals surface area (Å²) in [6.45, 7) is 0. The van der Waals surface area contributed by atoms with E-state index in [0.29, 0.717) is 6.29 Å². The maximum atomic E-state index is 13.9. The van der Waals surface area contributed by atoms with Gasteiger partial charge >= 0.3 is 6.09 Å². The zero-order chi connectivity index (χ0) is 13.7. The fourth-order valence-corrected chi connectivity index (χ4v) is 1.64. The highest BCUT2D eigenvalue weighted by Gasteiger charge is 2.25. The second kappa shape index (κ2) is 6.20. The maximum absolute atomic E-state index is 13.9. The Morgan fingerprint density at radius 3 is 2.78 bits per heavy atom. The Morgan fingerprint density at radius 1 is 1.61 bits per heavy atom. The van der Waals surface area contributed by atoms with Crippen molar-refractivity contribution in [3.63, 3.8) is 0 Å². The van der Waals surface area contributed by atoms with Crippen molar-refractivity contribution in [3.8, 4) is 5.75 Å². The van der Waals surface area contributed by atoms with Crippen LogP contribution in [-0.2, 0) is 9.53 Å². The van der Waals surface area contributed by atoms with E-state index in [1.165, 1.54) is 19.2 Å². The van der Waals surface area contributed by atoms with Gasteiger partial charge in [-0.15, -0.1) is 0 Å². The molecule has 5 nitrogen and oxygen atoms in total. The Kier molecular flexibility index (Phi) is 4.91. The monoisotopic (exact) mass is 275 g/mol. The molecule has 1 aromatic carbocycles. The van der Waals surface area contributed by atoms with Crippen molar-refractivity contribution in [1.29, 1.82) is 0 Å². The van der Waals surface area contributed by atoms with E-state index >= 15 is 0 Å². The van der Waals surface area contributed by atoms with Gasteiger partial charge in [0.1, 0.15) is 18.1 Å². The predicted octanol–water partition coefficient (Wildman–Crippen LogP) is 2.21. The first-order valence-corrected chi connectivity index (χ1v) is 5.30. The lowest BCUT2D eigenvalue weighted by molar-refractivity contribution is -0.109. The summed E-state index contributed by atoms with van der Waals surface area (Å²) in [7, 11) is 1.31. The summed E-state index contributed by atoms with van der Waals surface area (Å²) in [6.07, 6.45) is -2.07. The highest BCUT2D eigenvalue weighted by atomic mass is 35.5. The first-order chi connectivity index (χ1) is 8.51. The zero-order valence-corrected chi connectivity index (χ0v) is 10.2. The summed E-state index contributed by atoms with van der Waals surface area (Å²) in [4.78, 5) is 21.3. The molecule has 1 aromatic rings. The van der Waals surface area contributed by atoms with Crippen LogP contribution in [0.4, 0.5) is 9.18 Å². The quantitative estimate of drug-likeness (QED) is 0.836. The topological polar surface area (TPSA) is 78.6 Å². The molecule has 1 unspecified atom stereocenters. The summed E-state index contributed by atoms with van der Waals surface area (Å²) in [5.41, 5.74) is 4.75. The number of rotatable bonds is 5. The summed E-state index contributed by atoms with van der Waals surface area (Å²) < 4.78 is 23.5. The van der Waals surface area contributed by atoms with Gasteiger partial charge < -0.3 is 20.0 Å². The second-order valence-electron chi connectivity index (χ2n) is 3.31. The first kappa shape index (κ1) is 14.2. The third-order valence-corrected chi connectivity index (χ3v) is 2.50. The molecule has 0 aromatic heterocycles. The number of amides is 1. The molecule has 0 saturated heterocycles. The highest BCUT2D eigenvalue weighted by molar-refractivity contribution is 6.30. The third-order valence-electron chi connectivity index (χ3n) is 2.20. The molecule has 0 spiro atoms. The largest absolute Gasteiger partial charge is 0.496 e. The number of methoxy groups -OCH3 is 1. The van der Waals surface area contributed by atoms with Crippen molar-refractivity contribution < 1.29 is 23.5 Å². The maximum Gasteiger partial charge on any atom is 0.405 e. The van der Waals surface area contributed by atoms with Gasteiger partial charge in [-0.2, -0.15) is 0 Å². The number of carbonyl (C=O) groups excluding carboxylic acids is 2. The molecule has 0 aliphatic rings. The van der Waals surface area contributed by atoms with Gasteiger partial charge in [-0.1, -0.05) is 11.6 Å². The third kappa shape index (κ3) is 3.10. The van der Waals surface area contributed by atoms with E-state index < -0.39 is 18.0 Å². The van der Waals surface area contributed by atoms with Gasteiger partial charge in [0.25, 0.3) is 0 Å². The molecule has 7 heteroatoms. The molecule has 0 aliphatic carbocycles. The Balaban J connectivity index is 3.28. The number of carbonyl (C=O) groups is 2. The molecular formula is C11H11ClFNO4. The fourth-order valence-electron chi connectivity index (χ4n) is 1.48. The predicted molar refractivity (Wildman–Crippen MR) is 62.1 cm³/mol. The SMILES string of the molecule is COc1ccc(Cl)c(F)c1C(CC=O)OC(N)=O. The van der Waals surface area contributed by atoms with Crippen molar-refractivity contribution in [2.45, 2.75) is 12.5 Å². The number of hydrogen-bond donors (Lipinski definition) is 1. The van der Waals surface area contributed by atoms with Crippen molar-refractivity contribution in [1.82, 2.24) is 0 Å². The van der Waals surface area contributed by atoms with Crippen LogP contribution in [0.3, 0.4) is 0 Å². The first-order valence-electron chi connectivity index (χ1n) is 4.92. The minimum Gasteiger partial charge on any atom is -0.496 e. The molecule has 0 fully saturated rings. The number of nitrogens with two attached hydrogens (primary N) is 1. The van der Waals surface area contributed by atoms with Crippen molar-refractivity contribution in [2.75, 3.05) is 7.11 Å². The van der Waals surface area contributed by atoms with Crippen LogP contribution in [0.25, 0.3) is 0 Å². The molecule has 0 radical (unpaired) electrons. The van der Waals surface area contributed by atoms with Crippen molar-refractivity contribution >= 4 is 24.0 Å². The van der Waals surface area contributed by atoms with Crippen LogP contribution >= 0.6 is 11.6 Å². The van der Waals surface area contributed by atoms with Crippen LogP contribution < -0.4 is 10.5 Å². The lowest BCUT2D eigenvalue weighted by Crippen LogP contribution is -2.19. The van der Waals surface area contributed by atoms with E-state index in [1.807, 2.05) is 0 Å². The van der Waals surface area contributed by atoms with Crippen LogP contribution in [0.2, 0.25) is 5.02 Å². The second-order valence-corrected chi connectivity index (χ2v) is 3.71. The number of halogens is 2. The van der Waals surface area contributed by atoms with Crippen LogP contribution in [0, 0.1) is 5.82 Å². The van der Waals surface area contributed by atoms with Crippen LogP contribution in [0.1, 0.15) is 18.1 Å². The lowest BCUT2D eigenvalue weighted by Gasteiger charge is -2.18. The summed E-state index contributed by atoms with van der Waals surface area (Å²) in [5.74, 6) is -0.700. The van der Waals surface area contributed by atoms with Gasteiger partial charge in [-0.25, -0.2) is 9.18 Å². The number of primary amides is 1. The number of benzene rings is 1. The fraction of sp³-hybridized carbons (Fsp3) is 0.273. The Labute approximate surface area is 108 Å². The minimum atomic E-state index is -1.17. The van der Waals surface area contributed by atoms with Gasteiger partial charge in [0.05, 0.1) is 17.7 Å². The van der Waals surface area contributed by atoms with Gasteiger partial charge in [0.2, 0.25) is 0 Å². The minimum absolute atomic E-state index is 0.115. The molecule has 0 saturated carbocycles. The lowest BCUT2D eigenvalue weighted by atomic mass is 10.0. The number of aldehydes is 1. The van der Waals surface area contributed by atoms with Crippen LogP contribution in [0.5, 0.6) is 5.75 Å². The Bertz CT molecular complexity index is 467. The average Bonchev–Trinajstić information content (AvgIpc) is 2.31. The van der Waals surface area contributed by atoms with E-state index in [1.54, 1.807) is 0 Å². The Hall–Kier alpha value is -1.82. The van der Waals surface area contributed by atoms with Crippen molar-refractivity contribution in [2.24, 2.45) is 5.73 Å². The van der Waals surface area contributed by atoms with E-state index in [2.05, 4.69) is 4.74 Å². The van der Waals surface area contributed by atoms with Gasteiger partial charge in [0, 0.05) is 6.42 Å². The van der Waals surface area contributed by atoms with Crippen LogP contribution in [0.15, 0.2) is 12.1 Å². The molecule has 98 valence electrons. The van der Waals surface area contributed by atoms with Gasteiger partial charge in [-0.3, -0.25) is 0 Å².